The van der Waals surface area contributed by atoms with Gasteiger partial charge in [-0.25, -0.2) is 0 Å². The summed E-state index contributed by atoms with van der Waals surface area (Å²) in [6.45, 7) is 1.61. The van der Waals surface area contributed by atoms with Crippen LogP contribution in [0.1, 0.15) is 18.4 Å². The molecule has 1 heterocycles. The molecule has 1 fully saturated rings. The Bertz CT molecular complexity index is 468. The minimum absolute atomic E-state index is 0.156. The predicted molar refractivity (Wildman–Crippen MR) is 73.5 cm³/mol. The third kappa shape index (κ3) is 2.69. The average Bonchev–Trinajstić information content (AvgIpc) is 2.43. The summed E-state index contributed by atoms with van der Waals surface area (Å²) < 4.78 is 5.58. The molecule has 0 radical (unpaired) electrons. The van der Waals surface area contributed by atoms with Crippen LogP contribution in [0, 0.1) is 5.41 Å². The highest BCUT2D eigenvalue weighted by Crippen LogP contribution is 2.31. The van der Waals surface area contributed by atoms with Crippen molar-refractivity contribution >= 4 is 5.84 Å². The highest BCUT2D eigenvalue weighted by molar-refractivity contribution is 5.85. The molecular weight excluding hydrogens is 260 g/mol. The van der Waals surface area contributed by atoms with E-state index in [2.05, 4.69) is 0 Å². The zero-order valence-electron chi connectivity index (χ0n) is 11.2. The zero-order valence-corrected chi connectivity index (χ0v) is 11.2. The third-order valence-corrected chi connectivity index (χ3v) is 3.71. The Kier molecular flexibility index (Phi) is 4.39. The van der Waals surface area contributed by atoms with E-state index in [1.54, 1.807) is 31.2 Å². The molecule has 1 aromatic rings. The van der Waals surface area contributed by atoms with E-state index < -0.39 is 36.4 Å². The summed E-state index contributed by atoms with van der Waals surface area (Å²) in [5.41, 5.74) is 6.36. The molecule has 1 aliphatic heterocycles. The Labute approximate surface area is 117 Å². The maximum Gasteiger partial charge on any atom is 0.111 e. The first kappa shape index (κ1) is 14.9. The lowest BCUT2D eigenvalue weighted by atomic mass is 9.83. The molecule has 6 heteroatoms. The number of amidine groups is 1. The molecule has 1 saturated heterocycles. The molecule has 0 bridgehead atoms. The number of rotatable bonds is 3. The van der Waals surface area contributed by atoms with E-state index in [0.29, 0.717) is 0 Å². The van der Waals surface area contributed by atoms with Crippen LogP contribution in [-0.2, 0) is 4.74 Å². The van der Waals surface area contributed by atoms with Gasteiger partial charge in [0.25, 0.3) is 0 Å². The molecular formula is C14H20N2O4. The molecule has 0 aliphatic carbocycles. The van der Waals surface area contributed by atoms with Crippen LogP contribution in [0.4, 0.5) is 0 Å². The van der Waals surface area contributed by atoms with Gasteiger partial charge in [0.1, 0.15) is 30.3 Å². The summed E-state index contributed by atoms with van der Waals surface area (Å²) in [7, 11) is 0. The molecule has 20 heavy (non-hydrogen) atoms. The van der Waals surface area contributed by atoms with Crippen molar-refractivity contribution in [2.45, 2.75) is 43.4 Å². The molecule has 6 nitrogen and oxygen atoms in total. The van der Waals surface area contributed by atoms with Crippen molar-refractivity contribution in [2.24, 2.45) is 5.73 Å². The van der Waals surface area contributed by atoms with Gasteiger partial charge in [-0.05, 0) is 12.5 Å². The smallest absolute Gasteiger partial charge is 0.111 e. The molecule has 6 atom stereocenters. The maximum absolute atomic E-state index is 10.1. The number of nitrogens with two attached hydrogens (primary N) is 1. The Morgan fingerprint density at radius 1 is 1.15 bits per heavy atom. The number of aliphatic hydroxyl groups excluding tert-OH is 3. The minimum atomic E-state index is -1.32. The fourth-order valence-electron chi connectivity index (χ4n) is 2.57. The topological polar surface area (TPSA) is 120 Å². The van der Waals surface area contributed by atoms with E-state index in [4.69, 9.17) is 15.9 Å². The molecule has 0 amide bonds. The molecule has 6 N–H and O–H groups in total. The molecule has 0 aromatic heterocycles. The Morgan fingerprint density at radius 3 is 2.30 bits per heavy atom. The SMILES string of the molecule is C[C@@H]1O[C@@H](C(C(=N)N)c2ccccc2)[C@@H](O)[C@H](O)[C@@H]1O. The molecule has 110 valence electrons. The van der Waals surface area contributed by atoms with E-state index in [1.807, 2.05) is 6.07 Å². The number of benzene rings is 1. The minimum Gasteiger partial charge on any atom is -0.388 e. The molecule has 2 rings (SSSR count). The van der Waals surface area contributed by atoms with Crippen LogP contribution in [0.3, 0.4) is 0 Å². The maximum atomic E-state index is 10.1. The third-order valence-electron chi connectivity index (χ3n) is 3.71. The van der Waals surface area contributed by atoms with Gasteiger partial charge in [0.2, 0.25) is 0 Å². The Morgan fingerprint density at radius 2 is 1.75 bits per heavy atom. The molecule has 0 spiro atoms. The number of hydrogen-bond donors (Lipinski definition) is 5. The van der Waals surface area contributed by atoms with E-state index >= 15 is 0 Å². The van der Waals surface area contributed by atoms with E-state index in [0.717, 1.165) is 5.56 Å². The lowest BCUT2D eigenvalue weighted by Crippen LogP contribution is -2.59. The van der Waals surface area contributed by atoms with Crippen molar-refractivity contribution in [3.63, 3.8) is 0 Å². The second kappa shape index (κ2) is 5.88. The van der Waals surface area contributed by atoms with Crippen molar-refractivity contribution in [3.8, 4) is 0 Å². The summed E-state index contributed by atoms with van der Waals surface area (Å²) in [6.07, 6.45) is -5.32. The zero-order chi connectivity index (χ0) is 14.9. The molecule has 0 saturated carbocycles. The van der Waals surface area contributed by atoms with Gasteiger partial charge in [-0.2, -0.15) is 0 Å². The normalized spacial score (nSPS) is 35.5. The fraction of sp³-hybridized carbons (Fsp3) is 0.500. The van der Waals surface area contributed by atoms with Crippen LogP contribution in [0.5, 0.6) is 0 Å². The molecule has 1 aliphatic rings. The van der Waals surface area contributed by atoms with Crippen LogP contribution in [0.2, 0.25) is 0 Å². The average molecular weight is 280 g/mol. The van der Waals surface area contributed by atoms with E-state index in [1.165, 1.54) is 0 Å². The first-order valence-corrected chi connectivity index (χ1v) is 6.52. The predicted octanol–water partition coefficient (Wildman–Crippen LogP) is -0.424. The summed E-state index contributed by atoms with van der Waals surface area (Å²) in [5, 5.41) is 37.4. The Balaban J connectivity index is 2.33. The standard InChI is InChI=1S/C14H20N2O4/c1-7-10(17)11(18)12(19)13(20-7)9(14(15)16)8-5-3-2-4-6-8/h2-7,9-13,17-19H,1H3,(H3,15,16)/t7-,9?,10+,11+,12-,13-/m0/s1. The molecule has 1 aromatic carbocycles. The van der Waals surface area contributed by atoms with E-state index in [-0.39, 0.29) is 5.84 Å². The van der Waals surface area contributed by atoms with Gasteiger partial charge in [-0.15, -0.1) is 0 Å². The number of hydrogen-bond acceptors (Lipinski definition) is 5. The van der Waals surface area contributed by atoms with Crippen LogP contribution in [0.25, 0.3) is 0 Å². The second-order valence-corrected chi connectivity index (χ2v) is 5.12. The molecule has 1 unspecified atom stereocenters. The van der Waals surface area contributed by atoms with Gasteiger partial charge in [-0.3, -0.25) is 5.41 Å². The van der Waals surface area contributed by atoms with Crippen molar-refractivity contribution < 1.29 is 20.1 Å². The first-order valence-electron chi connectivity index (χ1n) is 6.52. The van der Waals surface area contributed by atoms with E-state index in [9.17, 15) is 15.3 Å². The second-order valence-electron chi connectivity index (χ2n) is 5.12. The van der Waals surface area contributed by atoms with Gasteiger partial charge in [-0.1, -0.05) is 30.3 Å². The van der Waals surface area contributed by atoms with Crippen LogP contribution < -0.4 is 5.73 Å². The van der Waals surface area contributed by atoms with Gasteiger partial charge >= 0.3 is 0 Å². The van der Waals surface area contributed by atoms with Crippen LogP contribution in [0.15, 0.2) is 30.3 Å². The van der Waals surface area contributed by atoms with Crippen molar-refractivity contribution in [1.29, 1.82) is 5.41 Å². The lowest BCUT2D eigenvalue weighted by Gasteiger charge is -2.42. The largest absolute Gasteiger partial charge is 0.388 e. The summed E-state index contributed by atoms with van der Waals surface area (Å²) in [6, 6.07) is 9.00. The first-order chi connectivity index (χ1) is 9.43. The highest BCUT2D eigenvalue weighted by Gasteiger charge is 2.46. The summed E-state index contributed by atoms with van der Waals surface area (Å²) in [4.78, 5) is 0. The van der Waals surface area contributed by atoms with Crippen LogP contribution in [-0.4, -0.2) is 51.7 Å². The fourth-order valence-corrected chi connectivity index (χ4v) is 2.57. The summed E-state index contributed by atoms with van der Waals surface area (Å²) >= 11 is 0. The number of aliphatic hydroxyl groups is 3. The van der Waals surface area contributed by atoms with Gasteiger partial charge in [0.15, 0.2) is 0 Å². The van der Waals surface area contributed by atoms with Gasteiger partial charge in [0, 0.05) is 0 Å². The quantitative estimate of drug-likeness (QED) is 0.380. The Hall–Kier alpha value is -1.47. The number of nitrogens with one attached hydrogen (secondary N) is 1. The van der Waals surface area contributed by atoms with Crippen molar-refractivity contribution in [2.75, 3.05) is 0 Å². The number of ether oxygens (including phenoxy) is 1. The van der Waals surface area contributed by atoms with Crippen LogP contribution >= 0.6 is 0 Å². The summed E-state index contributed by atoms with van der Waals surface area (Å²) in [5.74, 6) is -0.827. The van der Waals surface area contributed by atoms with Crippen molar-refractivity contribution in [3.05, 3.63) is 35.9 Å². The monoisotopic (exact) mass is 280 g/mol. The van der Waals surface area contributed by atoms with Crippen molar-refractivity contribution in [1.82, 2.24) is 0 Å². The van der Waals surface area contributed by atoms with Gasteiger partial charge in [0.05, 0.1) is 12.0 Å². The van der Waals surface area contributed by atoms with Gasteiger partial charge < -0.3 is 25.8 Å². The highest BCUT2D eigenvalue weighted by atomic mass is 16.5. The lowest BCUT2D eigenvalue weighted by molar-refractivity contribution is -0.218.